The first kappa shape index (κ1) is 20.4. The number of unbranched alkanes of at least 4 members (excludes halogenated alkanes) is 2. The second-order valence-corrected chi connectivity index (χ2v) is 7.06. The minimum Gasteiger partial charge on any atom is -0.356 e. The minimum atomic E-state index is -0.419. The Hall–Kier alpha value is -1.96. The number of hydrogen-bond acceptors (Lipinski definition) is 5. The maximum absolute atomic E-state index is 11.9. The molecule has 1 saturated heterocycles. The highest BCUT2D eigenvalue weighted by Crippen LogP contribution is 2.21. The summed E-state index contributed by atoms with van der Waals surface area (Å²) in [7, 11) is 0. The van der Waals surface area contributed by atoms with E-state index in [1.807, 2.05) is 0 Å². The van der Waals surface area contributed by atoms with Gasteiger partial charge in [-0.25, -0.2) is 0 Å². The number of hydrogen-bond donors (Lipinski definition) is 1. The summed E-state index contributed by atoms with van der Waals surface area (Å²) in [6.45, 7) is 7.98. The smallest absolute Gasteiger partial charge is 0.312 e. The van der Waals surface area contributed by atoms with Gasteiger partial charge in [0.2, 0.25) is 5.91 Å². The molecule has 0 aromatic carbocycles. The molecule has 26 heavy (non-hydrogen) atoms. The number of nitro groups is 1. The van der Waals surface area contributed by atoms with Crippen LogP contribution in [0.4, 0.5) is 5.69 Å². The molecule has 1 N–H and O–H groups in total. The molecule has 0 aliphatic carbocycles. The largest absolute Gasteiger partial charge is 0.356 e. The highest BCUT2D eigenvalue weighted by atomic mass is 16.6. The molecule has 8 heteroatoms. The third kappa shape index (κ3) is 6.09. The van der Waals surface area contributed by atoms with Crippen molar-refractivity contribution in [1.29, 1.82) is 0 Å². The van der Waals surface area contributed by atoms with Crippen LogP contribution in [0.3, 0.4) is 0 Å². The zero-order valence-corrected chi connectivity index (χ0v) is 16.0. The van der Waals surface area contributed by atoms with E-state index in [-0.39, 0.29) is 18.0 Å². The monoisotopic (exact) mass is 365 g/mol. The van der Waals surface area contributed by atoms with E-state index in [4.69, 9.17) is 0 Å². The molecule has 146 valence electrons. The van der Waals surface area contributed by atoms with Crippen LogP contribution in [-0.4, -0.2) is 51.7 Å². The van der Waals surface area contributed by atoms with Gasteiger partial charge in [-0.3, -0.25) is 19.6 Å². The molecule has 2 heterocycles. The molecule has 0 bridgehead atoms. The number of rotatable bonds is 10. The van der Waals surface area contributed by atoms with Gasteiger partial charge in [-0.1, -0.05) is 12.8 Å². The Bertz CT molecular complexity index is 608. The van der Waals surface area contributed by atoms with E-state index in [0.717, 1.165) is 12.8 Å². The summed E-state index contributed by atoms with van der Waals surface area (Å²) in [5, 5.41) is 18.1. The fraction of sp³-hybridized carbons (Fsp3) is 0.778. The summed E-state index contributed by atoms with van der Waals surface area (Å²) >= 11 is 0. The molecule has 2 rings (SSSR count). The van der Waals surface area contributed by atoms with Crippen molar-refractivity contribution in [1.82, 2.24) is 20.0 Å². The molecular formula is C18H31N5O3. The van der Waals surface area contributed by atoms with Gasteiger partial charge in [0.05, 0.1) is 11.5 Å². The highest BCUT2D eigenvalue weighted by Gasteiger charge is 2.21. The van der Waals surface area contributed by atoms with E-state index in [1.54, 1.807) is 18.5 Å². The van der Waals surface area contributed by atoms with Crippen molar-refractivity contribution in [2.45, 2.75) is 65.3 Å². The van der Waals surface area contributed by atoms with E-state index in [0.29, 0.717) is 24.5 Å². The molecular weight excluding hydrogens is 334 g/mol. The molecule has 0 atom stereocenters. The van der Waals surface area contributed by atoms with Crippen LogP contribution in [0, 0.1) is 24.0 Å². The van der Waals surface area contributed by atoms with E-state index in [1.165, 1.54) is 45.3 Å². The maximum atomic E-state index is 11.9. The summed E-state index contributed by atoms with van der Waals surface area (Å²) in [4.78, 5) is 25.1. The van der Waals surface area contributed by atoms with Crippen molar-refractivity contribution in [3.05, 3.63) is 21.5 Å². The number of carbonyl (C=O) groups excluding carboxylic acids is 1. The normalized spacial score (nSPS) is 15.2. The van der Waals surface area contributed by atoms with Crippen LogP contribution in [0.15, 0.2) is 0 Å². The molecule has 0 saturated carbocycles. The van der Waals surface area contributed by atoms with Crippen molar-refractivity contribution in [3.8, 4) is 0 Å². The zero-order valence-electron chi connectivity index (χ0n) is 16.0. The Morgan fingerprint density at radius 2 is 1.88 bits per heavy atom. The topological polar surface area (TPSA) is 93.3 Å². The Balaban J connectivity index is 1.58. The molecule has 8 nitrogen and oxygen atoms in total. The number of amides is 1. The third-order valence-electron chi connectivity index (χ3n) is 5.00. The fourth-order valence-electron chi connectivity index (χ4n) is 3.51. The SMILES string of the molecule is Cc1nn(CCC(=O)NCCCCCN2CCCCC2)c(C)c1[N+](=O)[O-]. The number of aromatic nitrogens is 2. The van der Waals surface area contributed by atoms with Gasteiger partial charge in [0.15, 0.2) is 0 Å². The predicted molar refractivity (Wildman–Crippen MR) is 100 cm³/mol. The first-order chi connectivity index (χ1) is 12.5. The molecule has 0 unspecified atom stereocenters. The summed E-state index contributed by atoms with van der Waals surface area (Å²) in [6.07, 6.45) is 7.61. The molecule has 1 aliphatic rings. The van der Waals surface area contributed by atoms with E-state index in [9.17, 15) is 14.9 Å². The van der Waals surface area contributed by atoms with E-state index < -0.39 is 4.92 Å². The molecule has 0 spiro atoms. The van der Waals surface area contributed by atoms with Crippen molar-refractivity contribution in [3.63, 3.8) is 0 Å². The number of carbonyl (C=O) groups is 1. The van der Waals surface area contributed by atoms with Gasteiger partial charge in [0, 0.05) is 13.0 Å². The molecule has 0 radical (unpaired) electrons. The number of nitrogens with one attached hydrogen (secondary N) is 1. The number of likely N-dealkylation sites (tertiary alicyclic amines) is 1. The third-order valence-corrected chi connectivity index (χ3v) is 5.00. The maximum Gasteiger partial charge on any atom is 0.312 e. The quantitative estimate of drug-likeness (QED) is 0.391. The van der Waals surface area contributed by atoms with Crippen LogP contribution in [0.2, 0.25) is 0 Å². The number of piperidine rings is 1. The Labute approximate surface area is 155 Å². The van der Waals surface area contributed by atoms with Gasteiger partial charge in [-0.05, 0) is 59.2 Å². The molecule has 1 aromatic heterocycles. The number of aryl methyl sites for hydroxylation is 2. The minimum absolute atomic E-state index is 0.0313. The second-order valence-electron chi connectivity index (χ2n) is 7.06. The van der Waals surface area contributed by atoms with Gasteiger partial charge >= 0.3 is 5.69 Å². The molecule has 1 amide bonds. The van der Waals surface area contributed by atoms with E-state index >= 15 is 0 Å². The van der Waals surface area contributed by atoms with Gasteiger partial charge < -0.3 is 10.2 Å². The van der Waals surface area contributed by atoms with Crippen molar-refractivity contribution >= 4 is 11.6 Å². The van der Waals surface area contributed by atoms with Crippen molar-refractivity contribution in [2.75, 3.05) is 26.2 Å². The van der Waals surface area contributed by atoms with Crippen LogP contribution in [0.25, 0.3) is 0 Å². The Kier molecular flexibility index (Phi) is 8.03. The lowest BCUT2D eigenvalue weighted by Crippen LogP contribution is -2.30. The second kappa shape index (κ2) is 10.3. The van der Waals surface area contributed by atoms with Gasteiger partial charge in [-0.15, -0.1) is 0 Å². The standard InChI is InChI=1S/C18H31N5O3/c1-15-18(23(25)26)16(2)22(20-15)14-9-17(24)19-10-5-3-6-11-21-12-7-4-8-13-21/h3-14H2,1-2H3,(H,19,24). The Morgan fingerprint density at radius 3 is 2.54 bits per heavy atom. The lowest BCUT2D eigenvalue weighted by atomic mass is 10.1. The highest BCUT2D eigenvalue weighted by molar-refractivity contribution is 5.75. The first-order valence-electron chi connectivity index (χ1n) is 9.66. The fourth-order valence-corrected chi connectivity index (χ4v) is 3.51. The van der Waals surface area contributed by atoms with Crippen LogP contribution in [0.1, 0.15) is 56.3 Å². The zero-order chi connectivity index (χ0) is 18.9. The number of nitrogens with zero attached hydrogens (tertiary/aromatic N) is 4. The lowest BCUT2D eigenvalue weighted by Gasteiger charge is -2.26. The van der Waals surface area contributed by atoms with Crippen LogP contribution in [0.5, 0.6) is 0 Å². The first-order valence-corrected chi connectivity index (χ1v) is 9.66. The van der Waals surface area contributed by atoms with Crippen LogP contribution in [-0.2, 0) is 11.3 Å². The van der Waals surface area contributed by atoms with Crippen LogP contribution < -0.4 is 5.32 Å². The summed E-state index contributed by atoms with van der Waals surface area (Å²) in [6, 6.07) is 0. The van der Waals surface area contributed by atoms with E-state index in [2.05, 4.69) is 15.3 Å². The van der Waals surface area contributed by atoms with Crippen molar-refractivity contribution in [2.24, 2.45) is 0 Å². The summed E-state index contributed by atoms with van der Waals surface area (Å²) in [5.74, 6) is -0.0313. The summed E-state index contributed by atoms with van der Waals surface area (Å²) in [5.41, 5.74) is 0.929. The van der Waals surface area contributed by atoms with Crippen molar-refractivity contribution < 1.29 is 9.72 Å². The Morgan fingerprint density at radius 1 is 1.15 bits per heavy atom. The lowest BCUT2D eigenvalue weighted by molar-refractivity contribution is -0.386. The predicted octanol–water partition coefficient (Wildman–Crippen LogP) is 2.57. The summed E-state index contributed by atoms with van der Waals surface area (Å²) < 4.78 is 1.55. The average Bonchev–Trinajstić information content (AvgIpc) is 2.90. The van der Waals surface area contributed by atoms with Gasteiger partial charge in [-0.2, -0.15) is 5.10 Å². The van der Waals surface area contributed by atoms with Gasteiger partial charge in [0.25, 0.3) is 0 Å². The average molecular weight is 365 g/mol. The van der Waals surface area contributed by atoms with Crippen LogP contribution >= 0.6 is 0 Å². The molecule has 1 aliphatic heterocycles. The van der Waals surface area contributed by atoms with Gasteiger partial charge in [0.1, 0.15) is 11.4 Å². The molecule has 1 aromatic rings. The molecule has 1 fully saturated rings.